The Kier molecular flexibility index (Phi) is 6.22. The van der Waals surface area contributed by atoms with E-state index in [1.54, 1.807) is 6.08 Å². The number of carbonyl (C=O) groups is 1. The zero-order chi connectivity index (χ0) is 15.1. The van der Waals surface area contributed by atoms with Gasteiger partial charge in [0, 0.05) is 17.2 Å². The summed E-state index contributed by atoms with van der Waals surface area (Å²) in [5.41, 5.74) is 0.966. The number of carbonyl (C=O) groups excluding carboxylic acids is 1. The minimum Gasteiger partial charge on any atom is -0.300 e. The fraction of sp³-hybridized carbons (Fsp3) is 0.214. The predicted octanol–water partition coefficient (Wildman–Crippen LogP) is 4.04. The molecular formula is C14H14ClN3OS2. The first-order chi connectivity index (χ1) is 10.2. The summed E-state index contributed by atoms with van der Waals surface area (Å²) < 4.78 is 0.816. The van der Waals surface area contributed by atoms with Crippen molar-refractivity contribution in [1.29, 1.82) is 0 Å². The molecule has 0 fully saturated rings. The molecule has 21 heavy (non-hydrogen) atoms. The van der Waals surface area contributed by atoms with Crippen molar-refractivity contribution in [3.63, 3.8) is 0 Å². The van der Waals surface area contributed by atoms with E-state index in [1.807, 2.05) is 24.3 Å². The summed E-state index contributed by atoms with van der Waals surface area (Å²) in [5, 5.41) is 11.9. The molecule has 4 nitrogen and oxygen atoms in total. The molecule has 2 aromatic rings. The molecule has 7 heteroatoms. The summed E-state index contributed by atoms with van der Waals surface area (Å²) >= 11 is 8.96. The first-order valence-corrected chi connectivity index (χ1v) is 8.47. The smallest absolute Gasteiger partial charge is 0.226 e. The van der Waals surface area contributed by atoms with Crippen molar-refractivity contribution >= 4 is 45.7 Å². The number of benzene rings is 1. The Morgan fingerprint density at radius 3 is 3.00 bits per heavy atom. The molecule has 0 aliphatic heterocycles. The van der Waals surface area contributed by atoms with Gasteiger partial charge in [-0.25, -0.2) is 0 Å². The van der Waals surface area contributed by atoms with Gasteiger partial charge in [0.15, 0.2) is 4.34 Å². The van der Waals surface area contributed by atoms with Gasteiger partial charge >= 0.3 is 0 Å². The molecule has 1 aromatic heterocycles. The largest absolute Gasteiger partial charge is 0.300 e. The second kappa shape index (κ2) is 8.17. The Labute approximate surface area is 136 Å². The van der Waals surface area contributed by atoms with Gasteiger partial charge in [-0.1, -0.05) is 59.0 Å². The molecule has 0 saturated carbocycles. The van der Waals surface area contributed by atoms with Crippen molar-refractivity contribution in [3.05, 3.63) is 47.5 Å². The van der Waals surface area contributed by atoms with Crippen LogP contribution in [0, 0.1) is 0 Å². The predicted molar refractivity (Wildman–Crippen MR) is 89.2 cm³/mol. The van der Waals surface area contributed by atoms with Gasteiger partial charge in [-0.05, 0) is 18.1 Å². The normalized spacial score (nSPS) is 10.3. The lowest BCUT2D eigenvalue weighted by Crippen LogP contribution is -2.12. The standard InChI is InChI=1S/C14H14ClN3OS2/c1-2-9-20-14-18-17-13(21-14)16-12(19)8-7-10-5-3-4-6-11(10)15/h2-6H,1,7-9H2,(H,16,17,19). The van der Waals surface area contributed by atoms with Crippen molar-refractivity contribution in [3.8, 4) is 0 Å². The van der Waals surface area contributed by atoms with Gasteiger partial charge in [0.05, 0.1) is 0 Å². The third-order valence-corrected chi connectivity index (χ3v) is 4.89. The minimum atomic E-state index is -0.0914. The van der Waals surface area contributed by atoms with Crippen molar-refractivity contribution in [2.24, 2.45) is 0 Å². The third-order valence-electron chi connectivity index (χ3n) is 2.56. The van der Waals surface area contributed by atoms with E-state index < -0.39 is 0 Å². The summed E-state index contributed by atoms with van der Waals surface area (Å²) in [4.78, 5) is 11.9. The maximum atomic E-state index is 11.9. The lowest BCUT2D eigenvalue weighted by molar-refractivity contribution is -0.116. The van der Waals surface area contributed by atoms with Crippen LogP contribution in [0.5, 0.6) is 0 Å². The van der Waals surface area contributed by atoms with E-state index in [4.69, 9.17) is 11.6 Å². The first-order valence-electron chi connectivity index (χ1n) is 6.29. The maximum absolute atomic E-state index is 11.9. The van der Waals surface area contributed by atoms with Crippen LogP contribution in [-0.2, 0) is 11.2 Å². The van der Waals surface area contributed by atoms with Crippen LogP contribution in [0.1, 0.15) is 12.0 Å². The molecule has 0 spiro atoms. The molecule has 0 radical (unpaired) electrons. The van der Waals surface area contributed by atoms with Crippen LogP contribution in [0.15, 0.2) is 41.3 Å². The number of aryl methyl sites for hydroxylation is 1. The molecule has 2 rings (SSSR count). The van der Waals surface area contributed by atoms with Crippen LogP contribution in [0.2, 0.25) is 5.02 Å². The van der Waals surface area contributed by atoms with Crippen LogP contribution < -0.4 is 5.32 Å². The molecule has 0 aliphatic rings. The van der Waals surface area contributed by atoms with E-state index >= 15 is 0 Å². The number of amides is 1. The van der Waals surface area contributed by atoms with Crippen LogP contribution >= 0.6 is 34.7 Å². The number of rotatable bonds is 7. The maximum Gasteiger partial charge on any atom is 0.226 e. The fourth-order valence-corrected chi connectivity index (χ4v) is 3.34. The van der Waals surface area contributed by atoms with E-state index in [-0.39, 0.29) is 5.91 Å². The summed E-state index contributed by atoms with van der Waals surface area (Å²) in [5.74, 6) is 0.682. The molecule has 0 atom stereocenters. The topological polar surface area (TPSA) is 54.9 Å². The van der Waals surface area contributed by atoms with Gasteiger partial charge < -0.3 is 5.32 Å². The second-order valence-corrected chi connectivity index (χ2v) is 6.76. The first kappa shape index (κ1) is 16.0. The highest BCUT2D eigenvalue weighted by molar-refractivity contribution is 8.01. The number of thioether (sulfide) groups is 1. The van der Waals surface area contributed by atoms with Crippen molar-refractivity contribution in [2.75, 3.05) is 11.1 Å². The van der Waals surface area contributed by atoms with Gasteiger partial charge in [-0.15, -0.1) is 16.8 Å². The summed E-state index contributed by atoms with van der Waals surface area (Å²) in [6, 6.07) is 7.52. The Hall–Kier alpha value is -1.37. The van der Waals surface area contributed by atoms with Crippen LogP contribution in [0.4, 0.5) is 5.13 Å². The fourth-order valence-electron chi connectivity index (χ4n) is 1.58. The van der Waals surface area contributed by atoms with Crippen molar-refractivity contribution in [1.82, 2.24) is 10.2 Å². The van der Waals surface area contributed by atoms with Crippen molar-refractivity contribution in [2.45, 2.75) is 17.2 Å². The van der Waals surface area contributed by atoms with E-state index in [1.165, 1.54) is 23.1 Å². The number of nitrogens with one attached hydrogen (secondary N) is 1. The zero-order valence-electron chi connectivity index (χ0n) is 11.2. The van der Waals surface area contributed by atoms with E-state index in [0.717, 1.165) is 15.7 Å². The lowest BCUT2D eigenvalue weighted by Gasteiger charge is -2.03. The van der Waals surface area contributed by atoms with E-state index in [0.29, 0.717) is 23.0 Å². The minimum absolute atomic E-state index is 0.0914. The SMILES string of the molecule is C=CCSc1nnc(NC(=O)CCc2ccccc2Cl)s1. The molecule has 110 valence electrons. The molecule has 0 saturated heterocycles. The monoisotopic (exact) mass is 339 g/mol. The number of hydrogen-bond acceptors (Lipinski definition) is 5. The summed E-state index contributed by atoms with van der Waals surface area (Å²) in [6.45, 7) is 3.65. The number of hydrogen-bond donors (Lipinski definition) is 1. The Morgan fingerprint density at radius 1 is 1.43 bits per heavy atom. The van der Waals surface area contributed by atoms with Crippen LogP contribution in [0.25, 0.3) is 0 Å². The molecule has 0 aliphatic carbocycles. The molecule has 1 aromatic carbocycles. The highest BCUT2D eigenvalue weighted by Crippen LogP contribution is 2.25. The Balaban J connectivity index is 1.83. The number of aromatic nitrogens is 2. The summed E-state index contributed by atoms with van der Waals surface area (Å²) in [7, 11) is 0. The number of anilines is 1. The second-order valence-electron chi connectivity index (χ2n) is 4.11. The molecule has 0 bridgehead atoms. The van der Waals surface area contributed by atoms with Gasteiger partial charge in [0.1, 0.15) is 0 Å². The number of halogens is 1. The molecule has 0 unspecified atom stereocenters. The highest BCUT2D eigenvalue weighted by atomic mass is 35.5. The number of nitrogens with zero attached hydrogens (tertiary/aromatic N) is 2. The average Bonchev–Trinajstić information content (AvgIpc) is 2.91. The quantitative estimate of drug-likeness (QED) is 0.470. The molecule has 1 heterocycles. The Bertz CT molecular complexity index is 630. The van der Waals surface area contributed by atoms with E-state index in [9.17, 15) is 4.79 Å². The van der Waals surface area contributed by atoms with Crippen LogP contribution in [0.3, 0.4) is 0 Å². The van der Waals surface area contributed by atoms with Crippen molar-refractivity contribution < 1.29 is 4.79 Å². The van der Waals surface area contributed by atoms with Gasteiger partial charge in [-0.2, -0.15) is 0 Å². The Morgan fingerprint density at radius 2 is 2.24 bits per heavy atom. The van der Waals surface area contributed by atoms with Crippen LogP contribution in [-0.4, -0.2) is 21.9 Å². The molecule has 1 N–H and O–H groups in total. The third kappa shape index (κ3) is 5.15. The zero-order valence-corrected chi connectivity index (χ0v) is 13.6. The summed E-state index contributed by atoms with van der Waals surface area (Å²) in [6.07, 6.45) is 2.76. The average molecular weight is 340 g/mol. The van der Waals surface area contributed by atoms with E-state index in [2.05, 4.69) is 22.1 Å². The van der Waals surface area contributed by atoms with Gasteiger partial charge in [0.2, 0.25) is 11.0 Å². The highest BCUT2D eigenvalue weighted by Gasteiger charge is 2.09. The van der Waals surface area contributed by atoms with Gasteiger partial charge in [0.25, 0.3) is 0 Å². The van der Waals surface area contributed by atoms with Gasteiger partial charge in [-0.3, -0.25) is 4.79 Å². The molecular weight excluding hydrogens is 326 g/mol. The molecule has 1 amide bonds. The lowest BCUT2D eigenvalue weighted by atomic mass is 10.1.